The molecule has 1 saturated heterocycles. The van der Waals surface area contributed by atoms with E-state index in [0.29, 0.717) is 28.1 Å². The van der Waals surface area contributed by atoms with E-state index in [1.54, 1.807) is 12.1 Å². The van der Waals surface area contributed by atoms with Crippen molar-refractivity contribution in [2.24, 2.45) is 0 Å². The van der Waals surface area contributed by atoms with Gasteiger partial charge in [-0.1, -0.05) is 0 Å². The van der Waals surface area contributed by atoms with Crippen molar-refractivity contribution in [3.05, 3.63) is 32.3 Å². The zero-order chi connectivity index (χ0) is 16.3. The van der Waals surface area contributed by atoms with Gasteiger partial charge in [-0.3, -0.25) is 14.9 Å². The molecule has 2 unspecified atom stereocenters. The van der Waals surface area contributed by atoms with Crippen LogP contribution in [0.25, 0.3) is 0 Å². The van der Waals surface area contributed by atoms with E-state index in [9.17, 15) is 14.9 Å². The van der Waals surface area contributed by atoms with Crippen LogP contribution in [0.2, 0.25) is 0 Å². The van der Waals surface area contributed by atoms with E-state index in [4.69, 9.17) is 9.47 Å². The van der Waals surface area contributed by atoms with E-state index in [1.807, 2.05) is 6.92 Å². The van der Waals surface area contributed by atoms with Crippen molar-refractivity contribution in [2.75, 3.05) is 13.7 Å². The van der Waals surface area contributed by atoms with E-state index in [-0.39, 0.29) is 23.7 Å². The predicted octanol–water partition coefficient (Wildman–Crippen LogP) is 2.45. The van der Waals surface area contributed by atoms with Crippen molar-refractivity contribution in [3.63, 3.8) is 0 Å². The third-order valence-corrected chi connectivity index (χ3v) is 4.13. The number of benzene rings is 1. The molecule has 1 fully saturated rings. The number of amides is 1. The summed E-state index contributed by atoms with van der Waals surface area (Å²) in [6, 6.07) is 1.85. The molecule has 7 nitrogen and oxygen atoms in total. The Kier molecular flexibility index (Phi) is 5.23. The highest BCUT2D eigenvalue weighted by Crippen LogP contribution is 2.39. The molecule has 0 saturated carbocycles. The van der Waals surface area contributed by atoms with Crippen LogP contribution in [0.4, 0.5) is 0 Å². The van der Waals surface area contributed by atoms with Gasteiger partial charge in [-0.05, 0) is 40.5 Å². The SMILES string of the molecule is CCOc1c(Br)cc(C2NC(=O)CCC2[N+](=O)[O-])cc1OC. The lowest BCUT2D eigenvalue weighted by molar-refractivity contribution is -0.529. The first kappa shape index (κ1) is 16.5. The highest BCUT2D eigenvalue weighted by molar-refractivity contribution is 9.10. The molecule has 2 atom stereocenters. The lowest BCUT2D eigenvalue weighted by Gasteiger charge is -2.27. The van der Waals surface area contributed by atoms with Crippen molar-refractivity contribution in [2.45, 2.75) is 31.8 Å². The number of nitro groups is 1. The Bertz CT molecular complexity index is 593. The minimum absolute atomic E-state index is 0.164. The molecule has 0 aliphatic carbocycles. The van der Waals surface area contributed by atoms with Gasteiger partial charge >= 0.3 is 0 Å². The normalized spacial score (nSPS) is 21.1. The molecule has 1 heterocycles. The topological polar surface area (TPSA) is 90.7 Å². The van der Waals surface area contributed by atoms with Crippen LogP contribution in [-0.4, -0.2) is 30.6 Å². The minimum Gasteiger partial charge on any atom is -0.493 e. The first-order valence-electron chi connectivity index (χ1n) is 6.91. The van der Waals surface area contributed by atoms with Gasteiger partial charge in [-0.25, -0.2) is 0 Å². The molecule has 1 aliphatic heterocycles. The quantitative estimate of drug-likeness (QED) is 0.633. The summed E-state index contributed by atoms with van der Waals surface area (Å²) in [4.78, 5) is 22.5. The maximum atomic E-state index is 11.6. The second kappa shape index (κ2) is 6.95. The molecule has 120 valence electrons. The maximum absolute atomic E-state index is 11.6. The highest BCUT2D eigenvalue weighted by atomic mass is 79.9. The molecule has 1 aromatic carbocycles. The molecule has 1 amide bonds. The Hall–Kier alpha value is -1.83. The van der Waals surface area contributed by atoms with Crippen LogP contribution in [0.15, 0.2) is 16.6 Å². The smallest absolute Gasteiger partial charge is 0.237 e. The Morgan fingerprint density at radius 1 is 1.50 bits per heavy atom. The molecular formula is C14H17BrN2O5. The van der Waals surface area contributed by atoms with E-state index >= 15 is 0 Å². The van der Waals surface area contributed by atoms with Crippen LogP contribution in [0.5, 0.6) is 11.5 Å². The fourth-order valence-electron chi connectivity index (χ4n) is 2.52. The number of ether oxygens (including phenoxy) is 2. The summed E-state index contributed by atoms with van der Waals surface area (Å²) >= 11 is 3.39. The van der Waals surface area contributed by atoms with Crippen LogP contribution >= 0.6 is 15.9 Å². The first-order valence-corrected chi connectivity index (χ1v) is 7.70. The lowest BCUT2D eigenvalue weighted by Crippen LogP contribution is -2.45. The summed E-state index contributed by atoms with van der Waals surface area (Å²) in [5, 5.41) is 13.9. The third kappa shape index (κ3) is 3.32. The summed E-state index contributed by atoms with van der Waals surface area (Å²) in [7, 11) is 1.50. The number of rotatable bonds is 5. The molecule has 0 radical (unpaired) electrons. The van der Waals surface area contributed by atoms with Crippen molar-refractivity contribution in [1.82, 2.24) is 5.32 Å². The van der Waals surface area contributed by atoms with E-state index in [2.05, 4.69) is 21.2 Å². The summed E-state index contributed by atoms with van der Waals surface area (Å²) in [6.07, 6.45) is 0.383. The van der Waals surface area contributed by atoms with Crippen LogP contribution in [0.3, 0.4) is 0 Å². The molecule has 1 N–H and O–H groups in total. The van der Waals surface area contributed by atoms with Crippen molar-refractivity contribution >= 4 is 21.8 Å². The third-order valence-electron chi connectivity index (χ3n) is 3.54. The van der Waals surface area contributed by atoms with Gasteiger partial charge in [0, 0.05) is 17.8 Å². The Labute approximate surface area is 136 Å². The number of carbonyl (C=O) groups is 1. The van der Waals surface area contributed by atoms with Gasteiger partial charge < -0.3 is 14.8 Å². The Morgan fingerprint density at radius 2 is 2.23 bits per heavy atom. The Morgan fingerprint density at radius 3 is 2.82 bits per heavy atom. The molecule has 2 rings (SSSR count). The summed E-state index contributed by atoms with van der Waals surface area (Å²) in [5.41, 5.74) is 0.613. The standard InChI is InChI=1S/C14H17BrN2O5/c1-3-22-14-9(15)6-8(7-11(14)21-2)13-10(17(19)20)4-5-12(18)16-13/h6-7,10,13H,3-5H2,1-2H3,(H,16,18). The number of nitrogens with one attached hydrogen (secondary N) is 1. The average Bonchev–Trinajstić information content (AvgIpc) is 2.48. The minimum atomic E-state index is -0.854. The molecular weight excluding hydrogens is 356 g/mol. The molecule has 1 aromatic rings. The number of hydrogen-bond donors (Lipinski definition) is 1. The van der Waals surface area contributed by atoms with E-state index < -0.39 is 12.1 Å². The van der Waals surface area contributed by atoms with Gasteiger partial charge in [-0.2, -0.15) is 0 Å². The maximum Gasteiger partial charge on any atom is 0.237 e. The number of carbonyl (C=O) groups excluding carboxylic acids is 1. The summed E-state index contributed by atoms with van der Waals surface area (Å²) in [5.74, 6) is 0.814. The molecule has 1 aliphatic rings. The van der Waals surface area contributed by atoms with E-state index in [1.165, 1.54) is 7.11 Å². The van der Waals surface area contributed by atoms with Gasteiger partial charge in [0.05, 0.1) is 18.2 Å². The van der Waals surface area contributed by atoms with Crippen molar-refractivity contribution in [3.8, 4) is 11.5 Å². The number of nitrogens with zero attached hydrogens (tertiary/aromatic N) is 1. The molecule has 22 heavy (non-hydrogen) atoms. The zero-order valence-corrected chi connectivity index (χ0v) is 13.9. The highest BCUT2D eigenvalue weighted by Gasteiger charge is 2.38. The molecule has 0 aromatic heterocycles. The molecule has 0 spiro atoms. The van der Waals surface area contributed by atoms with Crippen molar-refractivity contribution < 1.29 is 19.2 Å². The number of methoxy groups -OCH3 is 1. The largest absolute Gasteiger partial charge is 0.493 e. The predicted molar refractivity (Wildman–Crippen MR) is 82.8 cm³/mol. The second-order valence-electron chi connectivity index (χ2n) is 4.90. The van der Waals surface area contributed by atoms with E-state index in [0.717, 1.165) is 0 Å². The van der Waals surface area contributed by atoms with Crippen LogP contribution in [0.1, 0.15) is 31.4 Å². The van der Waals surface area contributed by atoms with Gasteiger partial charge in [0.15, 0.2) is 11.5 Å². The number of halogens is 1. The second-order valence-corrected chi connectivity index (χ2v) is 5.76. The first-order chi connectivity index (χ1) is 10.5. The molecule has 8 heteroatoms. The van der Waals surface area contributed by atoms with Crippen LogP contribution < -0.4 is 14.8 Å². The fourth-order valence-corrected chi connectivity index (χ4v) is 3.10. The van der Waals surface area contributed by atoms with Gasteiger partial charge in [0.2, 0.25) is 11.9 Å². The van der Waals surface area contributed by atoms with Gasteiger partial charge in [-0.15, -0.1) is 0 Å². The summed E-state index contributed by atoms with van der Waals surface area (Å²) in [6.45, 7) is 2.32. The average molecular weight is 373 g/mol. The number of piperidine rings is 1. The van der Waals surface area contributed by atoms with Crippen LogP contribution in [0, 0.1) is 10.1 Å². The van der Waals surface area contributed by atoms with Gasteiger partial charge in [0.25, 0.3) is 0 Å². The zero-order valence-electron chi connectivity index (χ0n) is 12.3. The number of hydrogen-bond acceptors (Lipinski definition) is 5. The summed E-state index contributed by atoms with van der Waals surface area (Å²) < 4.78 is 11.4. The van der Waals surface area contributed by atoms with Crippen molar-refractivity contribution in [1.29, 1.82) is 0 Å². The Balaban J connectivity index is 2.43. The molecule has 0 bridgehead atoms. The fraction of sp³-hybridized carbons (Fsp3) is 0.500. The lowest BCUT2D eigenvalue weighted by atomic mass is 9.92. The monoisotopic (exact) mass is 372 g/mol. The van der Waals surface area contributed by atoms with Crippen LogP contribution in [-0.2, 0) is 4.79 Å². The van der Waals surface area contributed by atoms with Gasteiger partial charge in [0.1, 0.15) is 6.04 Å².